The Hall–Kier alpha value is -3.74. The van der Waals surface area contributed by atoms with Gasteiger partial charge in [0, 0.05) is 16.7 Å². The predicted octanol–water partition coefficient (Wildman–Crippen LogP) is 5.01. The van der Waals surface area contributed by atoms with E-state index < -0.39 is 0 Å². The Morgan fingerprint density at radius 2 is 1.77 bits per heavy atom. The summed E-state index contributed by atoms with van der Waals surface area (Å²) in [5, 5.41) is 23.5. The second-order valence-corrected chi connectivity index (χ2v) is 8.29. The molecule has 0 aliphatic carbocycles. The van der Waals surface area contributed by atoms with Crippen molar-refractivity contribution in [2.75, 3.05) is 14.2 Å². The first kappa shape index (κ1) is 20.5. The number of hydrogen-bond acceptors (Lipinski definition) is 5. The molecule has 31 heavy (non-hydrogen) atoms. The molecule has 7 heteroatoms. The van der Waals surface area contributed by atoms with Gasteiger partial charge in [-0.3, -0.25) is 9.67 Å². The Bertz CT molecular complexity index is 1240. The number of oxime groups is 1. The lowest BCUT2D eigenvalue weighted by Gasteiger charge is -2.18. The molecule has 0 radical (unpaired) electrons. The largest absolute Gasteiger partial charge is 0.496 e. The van der Waals surface area contributed by atoms with Gasteiger partial charge < -0.3 is 14.7 Å². The second-order valence-electron chi connectivity index (χ2n) is 8.29. The van der Waals surface area contributed by atoms with Crippen LogP contribution in [0.2, 0.25) is 0 Å². The summed E-state index contributed by atoms with van der Waals surface area (Å²) in [6.07, 6.45) is 1.63. The van der Waals surface area contributed by atoms with Crippen molar-refractivity contribution in [3.8, 4) is 28.6 Å². The molecule has 0 aliphatic rings. The van der Waals surface area contributed by atoms with E-state index in [1.54, 1.807) is 13.3 Å². The molecule has 4 aromatic rings. The number of fused-ring (bicyclic) bond motifs is 1. The first-order valence-electron chi connectivity index (χ1n) is 9.99. The molecule has 0 unspecified atom stereocenters. The van der Waals surface area contributed by atoms with Gasteiger partial charge in [0.15, 0.2) is 0 Å². The van der Waals surface area contributed by atoms with E-state index in [2.05, 4.69) is 36.1 Å². The summed E-state index contributed by atoms with van der Waals surface area (Å²) in [6.45, 7) is 6.31. The molecule has 2 aromatic heterocycles. The average molecular weight is 418 g/mol. The lowest BCUT2D eigenvalue weighted by atomic mass is 9.89. The van der Waals surface area contributed by atoms with E-state index in [0.717, 1.165) is 33.6 Å². The van der Waals surface area contributed by atoms with E-state index in [1.165, 1.54) is 7.11 Å². The normalized spacial score (nSPS) is 12.0. The van der Waals surface area contributed by atoms with E-state index >= 15 is 0 Å². The SMILES string of the molecule is CO/N=C\c1ccc(-n2c(O)c3[nH]nc(C(C)(C)C)c3c2-c2ccccc2OC)cc1. The molecule has 7 nitrogen and oxygen atoms in total. The molecule has 160 valence electrons. The maximum absolute atomic E-state index is 11.2. The zero-order valence-electron chi connectivity index (χ0n) is 18.3. The van der Waals surface area contributed by atoms with E-state index in [9.17, 15) is 5.11 Å². The minimum atomic E-state index is -0.228. The third kappa shape index (κ3) is 3.52. The summed E-state index contributed by atoms with van der Waals surface area (Å²) in [7, 11) is 3.15. The van der Waals surface area contributed by atoms with E-state index in [1.807, 2.05) is 53.1 Å². The Morgan fingerprint density at radius 3 is 2.42 bits per heavy atom. The number of H-pyrrole nitrogens is 1. The quantitative estimate of drug-likeness (QED) is 0.352. The van der Waals surface area contributed by atoms with Crippen LogP contribution in [0.4, 0.5) is 0 Å². The Balaban J connectivity index is 2.05. The van der Waals surface area contributed by atoms with E-state index in [0.29, 0.717) is 11.3 Å². The molecule has 2 N–H and O–H groups in total. The summed E-state index contributed by atoms with van der Waals surface area (Å²) >= 11 is 0. The number of aromatic nitrogens is 3. The van der Waals surface area contributed by atoms with Crippen molar-refractivity contribution < 1.29 is 14.7 Å². The molecular formula is C24H26N4O3. The fourth-order valence-electron chi connectivity index (χ4n) is 3.78. The van der Waals surface area contributed by atoms with Crippen molar-refractivity contribution in [2.24, 2.45) is 5.16 Å². The summed E-state index contributed by atoms with van der Waals surface area (Å²) in [6, 6.07) is 15.5. The van der Waals surface area contributed by atoms with Gasteiger partial charge in [0.05, 0.1) is 30.1 Å². The van der Waals surface area contributed by atoms with Gasteiger partial charge >= 0.3 is 0 Å². The smallest absolute Gasteiger partial charge is 0.222 e. The minimum absolute atomic E-state index is 0.0946. The van der Waals surface area contributed by atoms with E-state index in [4.69, 9.17) is 9.57 Å². The highest BCUT2D eigenvalue weighted by Crippen LogP contribution is 2.45. The van der Waals surface area contributed by atoms with Crippen LogP contribution >= 0.6 is 0 Å². The van der Waals surface area contributed by atoms with Crippen LogP contribution in [0.5, 0.6) is 11.6 Å². The first-order valence-corrected chi connectivity index (χ1v) is 9.99. The average Bonchev–Trinajstić information content (AvgIpc) is 3.32. The van der Waals surface area contributed by atoms with Gasteiger partial charge in [0.25, 0.3) is 0 Å². The number of methoxy groups -OCH3 is 1. The molecule has 0 aliphatic heterocycles. The van der Waals surface area contributed by atoms with Crippen molar-refractivity contribution in [1.82, 2.24) is 14.8 Å². The Kier molecular flexibility index (Phi) is 5.19. The van der Waals surface area contributed by atoms with Crippen LogP contribution < -0.4 is 4.74 Å². The zero-order chi connectivity index (χ0) is 22.2. The maximum Gasteiger partial charge on any atom is 0.222 e. The number of aromatic hydroxyl groups is 1. The van der Waals surface area contributed by atoms with Crippen molar-refractivity contribution in [3.05, 3.63) is 59.8 Å². The van der Waals surface area contributed by atoms with Crippen LogP contribution in [0, 0.1) is 0 Å². The lowest BCUT2D eigenvalue weighted by Crippen LogP contribution is -2.12. The number of benzene rings is 2. The van der Waals surface area contributed by atoms with Crippen molar-refractivity contribution in [1.29, 1.82) is 0 Å². The number of para-hydroxylation sites is 1. The fourth-order valence-corrected chi connectivity index (χ4v) is 3.78. The van der Waals surface area contributed by atoms with Crippen LogP contribution in [0.3, 0.4) is 0 Å². The number of nitrogens with zero attached hydrogens (tertiary/aromatic N) is 3. The van der Waals surface area contributed by atoms with Gasteiger partial charge in [-0.1, -0.05) is 50.2 Å². The van der Waals surface area contributed by atoms with Gasteiger partial charge in [-0.05, 0) is 29.8 Å². The molecule has 0 saturated heterocycles. The highest BCUT2D eigenvalue weighted by atomic mass is 16.6. The van der Waals surface area contributed by atoms with Crippen molar-refractivity contribution in [2.45, 2.75) is 26.2 Å². The van der Waals surface area contributed by atoms with Crippen LogP contribution in [0.1, 0.15) is 32.0 Å². The third-order valence-corrected chi connectivity index (χ3v) is 5.19. The number of nitrogens with one attached hydrogen (secondary N) is 1. The predicted molar refractivity (Wildman–Crippen MR) is 122 cm³/mol. The topological polar surface area (TPSA) is 84.7 Å². The molecule has 0 bridgehead atoms. The summed E-state index contributed by atoms with van der Waals surface area (Å²) in [4.78, 5) is 4.76. The molecule has 2 aromatic carbocycles. The van der Waals surface area contributed by atoms with Gasteiger partial charge in [-0.15, -0.1) is 0 Å². The number of ether oxygens (including phenoxy) is 1. The number of aromatic amines is 1. The maximum atomic E-state index is 11.2. The van der Waals surface area contributed by atoms with Crippen LogP contribution in [-0.4, -0.2) is 40.3 Å². The highest BCUT2D eigenvalue weighted by molar-refractivity contribution is 6.02. The molecule has 4 rings (SSSR count). The van der Waals surface area contributed by atoms with Gasteiger partial charge in [-0.2, -0.15) is 5.10 Å². The second kappa shape index (κ2) is 7.83. The Morgan fingerprint density at radius 1 is 1.06 bits per heavy atom. The van der Waals surface area contributed by atoms with Gasteiger partial charge in [0.1, 0.15) is 18.4 Å². The standard InChI is InChI=1S/C24H26N4O3/c1-24(2,3)22-19-20(26-27-22)23(29)28(16-12-10-15(11-13-16)14-25-31-5)21(19)17-8-6-7-9-18(17)30-4/h6-14,26,29H,1-5H3/b25-14-. The number of hydrogen-bond donors (Lipinski definition) is 2. The van der Waals surface area contributed by atoms with Gasteiger partial charge in [-0.25, -0.2) is 0 Å². The fraction of sp³-hybridized carbons (Fsp3) is 0.250. The first-order chi connectivity index (χ1) is 14.9. The molecule has 0 atom stereocenters. The van der Waals surface area contributed by atoms with Crippen LogP contribution in [0.25, 0.3) is 27.8 Å². The van der Waals surface area contributed by atoms with Crippen molar-refractivity contribution >= 4 is 17.1 Å². The summed E-state index contributed by atoms with van der Waals surface area (Å²) < 4.78 is 7.48. The minimum Gasteiger partial charge on any atom is -0.496 e. The molecule has 0 amide bonds. The molecule has 0 spiro atoms. The van der Waals surface area contributed by atoms with Crippen LogP contribution in [-0.2, 0) is 10.3 Å². The zero-order valence-corrected chi connectivity index (χ0v) is 18.3. The molecule has 2 heterocycles. The third-order valence-electron chi connectivity index (χ3n) is 5.19. The molecule has 0 saturated carbocycles. The molecule has 0 fully saturated rings. The monoisotopic (exact) mass is 418 g/mol. The van der Waals surface area contributed by atoms with E-state index in [-0.39, 0.29) is 11.3 Å². The van der Waals surface area contributed by atoms with Crippen molar-refractivity contribution in [3.63, 3.8) is 0 Å². The highest BCUT2D eigenvalue weighted by Gasteiger charge is 2.30. The summed E-state index contributed by atoms with van der Waals surface area (Å²) in [5.41, 5.74) is 4.62. The Labute approximate surface area is 180 Å². The summed E-state index contributed by atoms with van der Waals surface area (Å²) in [5.74, 6) is 0.810. The number of rotatable bonds is 5. The van der Waals surface area contributed by atoms with Gasteiger partial charge in [0.2, 0.25) is 5.88 Å². The molecular weight excluding hydrogens is 392 g/mol. The van der Waals surface area contributed by atoms with Crippen LogP contribution in [0.15, 0.2) is 53.7 Å². The lowest BCUT2D eigenvalue weighted by molar-refractivity contribution is 0.215.